The van der Waals surface area contributed by atoms with Crippen LogP contribution in [0.25, 0.3) is 0 Å². The van der Waals surface area contributed by atoms with Gasteiger partial charge < -0.3 is 19.5 Å². The topological polar surface area (TPSA) is 56.8 Å². The number of carbonyl (C=O) groups excluding carboxylic acids is 1. The lowest BCUT2D eigenvalue weighted by molar-refractivity contribution is -0.141. The number of benzene rings is 1. The van der Waals surface area contributed by atoms with Crippen LogP contribution in [0.1, 0.15) is 18.9 Å². The number of esters is 1. The molecule has 0 saturated heterocycles. The van der Waals surface area contributed by atoms with Crippen molar-refractivity contribution >= 4 is 5.97 Å². The Hall–Kier alpha value is -1.75. The number of hydrogen-bond acceptors (Lipinski definition) is 5. The normalized spacial score (nSPS) is 14.3. The van der Waals surface area contributed by atoms with E-state index in [1.165, 1.54) is 7.11 Å². The molecule has 0 amide bonds. The van der Waals surface area contributed by atoms with Gasteiger partial charge in [0, 0.05) is 12.6 Å². The van der Waals surface area contributed by atoms with E-state index in [-0.39, 0.29) is 18.8 Å². The molecular formula is C13H17NO4. The van der Waals surface area contributed by atoms with Gasteiger partial charge in [-0.05, 0) is 24.6 Å². The molecule has 0 fully saturated rings. The van der Waals surface area contributed by atoms with Gasteiger partial charge in [0.25, 0.3) is 0 Å². The number of ether oxygens (including phenoxy) is 3. The highest BCUT2D eigenvalue weighted by Crippen LogP contribution is 2.32. The summed E-state index contributed by atoms with van der Waals surface area (Å²) in [5, 5.41) is 3.26. The van der Waals surface area contributed by atoms with E-state index < -0.39 is 0 Å². The molecule has 1 aromatic carbocycles. The van der Waals surface area contributed by atoms with Crippen LogP contribution in [0.2, 0.25) is 0 Å². The molecule has 2 rings (SSSR count). The fourth-order valence-electron chi connectivity index (χ4n) is 1.75. The highest BCUT2D eigenvalue weighted by Gasteiger charge is 2.14. The van der Waals surface area contributed by atoms with E-state index in [4.69, 9.17) is 9.47 Å². The highest BCUT2D eigenvalue weighted by molar-refractivity contribution is 5.69. The average molecular weight is 251 g/mol. The monoisotopic (exact) mass is 251 g/mol. The molecule has 1 heterocycles. The Bertz CT molecular complexity index is 433. The first-order chi connectivity index (χ1) is 8.69. The summed E-state index contributed by atoms with van der Waals surface area (Å²) in [4.78, 5) is 11.1. The van der Waals surface area contributed by atoms with Gasteiger partial charge in [-0.15, -0.1) is 0 Å². The lowest BCUT2D eigenvalue weighted by atomic mass is 10.1. The van der Waals surface area contributed by atoms with Gasteiger partial charge in [-0.3, -0.25) is 4.79 Å². The maximum absolute atomic E-state index is 11.1. The zero-order valence-corrected chi connectivity index (χ0v) is 10.6. The minimum atomic E-state index is -0.208. The fraction of sp³-hybridized carbons (Fsp3) is 0.462. The van der Waals surface area contributed by atoms with Crippen LogP contribution in [-0.4, -0.2) is 25.9 Å². The van der Waals surface area contributed by atoms with E-state index in [9.17, 15) is 4.79 Å². The molecule has 5 heteroatoms. The number of carbonyl (C=O) groups is 1. The summed E-state index contributed by atoms with van der Waals surface area (Å²) in [6.45, 7) is 2.91. The molecule has 18 heavy (non-hydrogen) atoms. The number of hydrogen-bond donors (Lipinski definition) is 1. The second-order valence-electron chi connectivity index (χ2n) is 4.25. The highest BCUT2D eigenvalue weighted by atomic mass is 16.7. The molecule has 0 unspecified atom stereocenters. The van der Waals surface area contributed by atoms with Crippen molar-refractivity contribution in [2.24, 2.45) is 0 Å². The van der Waals surface area contributed by atoms with E-state index in [2.05, 4.69) is 10.1 Å². The Morgan fingerprint density at radius 1 is 1.44 bits per heavy atom. The summed E-state index contributed by atoms with van der Waals surface area (Å²) in [6.07, 6.45) is 0.362. The molecule has 0 aromatic heterocycles. The van der Waals surface area contributed by atoms with Gasteiger partial charge in [0.15, 0.2) is 11.5 Å². The molecule has 0 bridgehead atoms. The summed E-state index contributed by atoms with van der Waals surface area (Å²) in [6, 6.07) is 5.89. The Morgan fingerprint density at radius 2 is 2.22 bits per heavy atom. The Balaban J connectivity index is 1.85. The molecule has 0 aliphatic carbocycles. The summed E-state index contributed by atoms with van der Waals surface area (Å²) >= 11 is 0. The number of nitrogens with one attached hydrogen (secondary N) is 1. The first-order valence-electron chi connectivity index (χ1n) is 5.88. The van der Waals surface area contributed by atoms with Crippen molar-refractivity contribution in [2.45, 2.75) is 25.9 Å². The number of rotatable bonds is 5. The second-order valence-corrected chi connectivity index (χ2v) is 4.25. The summed E-state index contributed by atoms with van der Waals surface area (Å²) in [7, 11) is 1.40. The zero-order valence-electron chi connectivity index (χ0n) is 10.6. The van der Waals surface area contributed by atoms with Crippen molar-refractivity contribution in [3.05, 3.63) is 23.8 Å². The smallest absolute Gasteiger partial charge is 0.307 e. The Labute approximate surface area is 106 Å². The van der Waals surface area contributed by atoms with Crippen LogP contribution in [0.5, 0.6) is 11.5 Å². The number of fused-ring (bicyclic) bond motifs is 1. The van der Waals surface area contributed by atoms with Crippen molar-refractivity contribution in [2.75, 3.05) is 13.9 Å². The molecule has 1 aliphatic heterocycles. The predicted octanol–water partition coefficient (Wildman–Crippen LogP) is 1.46. The van der Waals surface area contributed by atoms with Crippen molar-refractivity contribution < 1.29 is 19.0 Å². The van der Waals surface area contributed by atoms with E-state index in [0.717, 1.165) is 17.1 Å². The van der Waals surface area contributed by atoms with Gasteiger partial charge in [0.05, 0.1) is 13.5 Å². The Morgan fingerprint density at radius 3 is 3.00 bits per heavy atom. The van der Waals surface area contributed by atoms with Crippen molar-refractivity contribution in [1.29, 1.82) is 0 Å². The third kappa shape index (κ3) is 3.13. The van der Waals surface area contributed by atoms with Gasteiger partial charge in [0.1, 0.15) is 0 Å². The van der Waals surface area contributed by atoms with Crippen molar-refractivity contribution in [1.82, 2.24) is 5.32 Å². The van der Waals surface area contributed by atoms with Gasteiger partial charge in [0.2, 0.25) is 6.79 Å². The molecule has 0 spiro atoms. The molecule has 98 valence electrons. The van der Waals surface area contributed by atoms with Crippen LogP contribution in [0.4, 0.5) is 0 Å². The largest absolute Gasteiger partial charge is 0.469 e. The molecule has 5 nitrogen and oxygen atoms in total. The predicted molar refractivity (Wildman–Crippen MR) is 65.5 cm³/mol. The minimum Gasteiger partial charge on any atom is -0.469 e. The molecular weight excluding hydrogens is 234 g/mol. The lowest BCUT2D eigenvalue weighted by Gasteiger charge is -2.12. The van der Waals surface area contributed by atoms with Crippen LogP contribution >= 0.6 is 0 Å². The molecule has 1 aliphatic rings. The van der Waals surface area contributed by atoms with Crippen molar-refractivity contribution in [3.63, 3.8) is 0 Å². The number of methoxy groups -OCH3 is 1. The van der Waals surface area contributed by atoms with Gasteiger partial charge in [-0.25, -0.2) is 0 Å². The lowest BCUT2D eigenvalue weighted by Crippen LogP contribution is -2.28. The van der Waals surface area contributed by atoms with Crippen LogP contribution in [0, 0.1) is 0 Å². The average Bonchev–Trinajstić information content (AvgIpc) is 2.83. The van der Waals surface area contributed by atoms with Crippen LogP contribution in [-0.2, 0) is 16.1 Å². The SMILES string of the molecule is COC(=O)C[C@@H](C)NCc1ccc2c(c1)OCO2. The van der Waals surface area contributed by atoms with Crippen LogP contribution < -0.4 is 14.8 Å². The van der Waals surface area contributed by atoms with Gasteiger partial charge in [-0.2, -0.15) is 0 Å². The third-order valence-corrected chi connectivity index (χ3v) is 2.79. The first kappa shape index (κ1) is 12.7. The fourth-order valence-corrected chi connectivity index (χ4v) is 1.75. The minimum absolute atomic E-state index is 0.0721. The zero-order chi connectivity index (χ0) is 13.0. The molecule has 1 atom stereocenters. The van der Waals surface area contributed by atoms with Gasteiger partial charge >= 0.3 is 5.97 Å². The maximum Gasteiger partial charge on any atom is 0.307 e. The van der Waals surface area contributed by atoms with Gasteiger partial charge in [-0.1, -0.05) is 6.07 Å². The van der Waals surface area contributed by atoms with Crippen LogP contribution in [0.3, 0.4) is 0 Å². The van der Waals surface area contributed by atoms with E-state index >= 15 is 0 Å². The summed E-state index contributed by atoms with van der Waals surface area (Å²) in [5.41, 5.74) is 1.09. The second kappa shape index (κ2) is 5.73. The Kier molecular flexibility index (Phi) is 4.04. The standard InChI is InChI=1S/C13H17NO4/c1-9(5-13(15)16-2)14-7-10-3-4-11-12(6-10)18-8-17-11/h3-4,6,9,14H,5,7-8H2,1-2H3/t9-/m1/s1. The van der Waals surface area contributed by atoms with E-state index in [1.54, 1.807) is 0 Å². The molecule has 1 aromatic rings. The van der Waals surface area contributed by atoms with E-state index in [0.29, 0.717) is 13.0 Å². The van der Waals surface area contributed by atoms with E-state index in [1.807, 2.05) is 25.1 Å². The summed E-state index contributed by atoms with van der Waals surface area (Å²) in [5.74, 6) is 1.34. The van der Waals surface area contributed by atoms with Crippen molar-refractivity contribution in [3.8, 4) is 11.5 Å². The molecule has 0 saturated carbocycles. The molecule has 1 N–H and O–H groups in total. The third-order valence-electron chi connectivity index (χ3n) is 2.79. The quantitative estimate of drug-likeness (QED) is 0.803. The van der Waals surface area contributed by atoms with Crippen LogP contribution in [0.15, 0.2) is 18.2 Å². The summed E-state index contributed by atoms with van der Waals surface area (Å²) < 4.78 is 15.2. The molecule has 0 radical (unpaired) electrons. The maximum atomic E-state index is 11.1. The first-order valence-corrected chi connectivity index (χ1v) is 5.88.